The second kappa shape index (κ2) is 5.05. The zero-order valence-electron chi connectivity index (χ0n) is 9.08. The molecule has 9 heteroatoms. The number of nitrogens with one attached hydrogen (secondary N) is 1. The fourth-order valence-corrected chi connectivity index (χ4v) is 1.22. The molecule has 1 amide bonds. The van der Waals surface area contributed by atoms with Gasteiger partial charge in [-0.1, -0.05) is 0 Å². The van der Waals surface area contributed by atoms with Gasteiger partial charge in [-0.15, -0.1) is 0 Å². The molecule has 1 unspecified atom stereocenters. The maximum Gasteiger partial charge on any atom is 0.329 e. The maximum atomic E-state index is 10.7. The summed E-state index contributed by atoms with van der Waals surface area (Å²) in [6.45, 7) is 1.65. The standard InChI is InChI=1S/C8H12N6O3/c1-4(2-6(9)15)12-7-5(14(16)17)3-11-8(10)13-7/h3-4H,2H2,1H3,(H2,9,15)(H3,10,11,12,13). The third-order valence-electron chi connectivity index (χ3n) is 1.88. The Balaban J connectivity index is 2.92. The second-order valence-electron chi connectivity index (χ2n) is 3.43. The van der Waals surface area contributed by atoms with Crippen LogP contribution >= 0.6 is 0 Å². The number of hydrogen-bond donors (Lipinski definition) is 3. The van der Waals surface area contributed by atoms with Crippen molar-refractivity contribution in [1.29, 1.82) is 0 Å². The third kappa shape index (κ3) is 3.55. The molecule has 1 atom stereocenters. The van der Waals surface area contributed by atoms with E-state index in [1.54, 1.807) is 6.92 Å². The van der Waals surface area contributed by atoms with Crippen LogP contribution in [0, 0.1) is 10.1 Å². The van der Waals surface area contributed by atoms with E-state index in [4.69, 9.17) is 11.5 Å². The van der Waals surface area contributed by atoms with Crippen molar-refractivity contribution in [2.24, 2.45) is 5.73 Å². The van der Waals surface area contributed by atoms with Crippen molar-refractivity contribution < 1.29 is 9.72 Å². The molecule has 1 heterocycles. The molecule has 0 aliphatic carbocycles. The number of nitro groups is 1. The van der Waals surface area contributed by atoms with Gasteiger partial charge in [0.2, 0.25) is 17.7 Å². The van der Waals surface area contributed by atoms with Crippen molar-refractivity contribution in [3.05, 3.63) is 16.3 Å². The Morgan fingerprint density at radius 2 is 2.35 bits per heavy atom. The minimum atomic E-state index is -0.640. The van der Waals surface area contributed by atoms with Crippen LogP contribution < -0.4 is 16.8 Å². The molecule has 0 saturated carbocycles. The highest BCUT2D eigenvalue weighted by Gasteiger charge is 2.18. The fourth-order valence-electron chi connectivity index (χ4n) is 1.22. The Kier molecular flexibility index (Phi) is 3.75. The number of aromatic nitrogens is 2. The number of carbonyl (C=O) groups is 1. The number of carbonyl (C=O) groups excluding carboxylic acids is 1. The van der Waals surface area contributed by atoms with E-state index in [2.05, 4.69) is 15.3 Å². The predicted molar refractivity (Wildman–Crippen MR) is 60.0 cm³/mol. The highest BCUT2D eigenvalue weighted by Crippen LogP contribution is 2.22. The number of nitrogens with zero attached hydrogens (tertiary/aromatic N) is 3. The molecule has 17 heavy (non-hydrogen) atoms. The number of nitrogen functional groups attached to an aromatic ring is 1. The average Bonchev–Trinajstić information content (AvgIpc) is 2.15. The van der Waals surface area contributed by atoms with E-state index in [0.717, 1.165) is 6.20 Å². The van der Waals surface area contributed by atoms with Gasteiger partial charge in [0.1, 0.15) is 6.20 Å². The number of primary amides is 1. The molecule has 1 aromatic rings. The molecule has 1 aromatic heterocycles. The lowest BCUT2D eigenvalue weighted by atomic mass is 10.2. The van der Waals surface area contributed by atoms with Gasteiger partial charge in [-0.2, -0.15) is 4.98 Å². The summed E-state index contributed by atoms with van der Waals surface area (Å²) in [6.07, 6.45) is 1.03. The normalized spacial score (nSPS) is 11.8. The molecule has 0 spiro atoms. The van der Waals surface area contributed by atoms with Gasteiger partial charge < -0.3 is 16.8 Å². The van der Waals surface area contributed by atoms with Crippen LogP contribution in [0.5, 0.6) is 0 Å². The van der Waals surface area contributed by atoms with Crippen molar-refractivity contribution in [2.75, 3.05) is 11.1 Å². The Hall–Kier alpha value is -2.45. The van der Waals surface area contributed by atoms with Crippen LogP contribution in [-0.4, -0.2) is 26.8 Å². The van der Waals surface area contributed by atoms with Crippen LogP contribution in [0.2, 0.25) is 0 Å². The first-order valence-corrected chi connectivity index (χ1v) is 4.72. The fraction of sp³-hybridized carbons (Fsp3) is 0.375. The zero-order chi connectivity index (χ0) is 13.0. The van der Waals surface area contributed by atoms with Gasteiger partial charge in [-0.25, -0.2) is 4.98 Å². The van der Waals surface area contributed by atoms with E-state index in [-0.39, 0.29) is 29.9 Å². The summed E-state index contributed by atoms with van der Waals surface area (Å²) in [6, 6.07) is -0.388. The first-order chi connectivity index (χ1) is 7.90. The van der Waals surface area contributed by atoms with Crippen molar-refractivity contribution in [2.45, 2.75) is 19.4 Å². The third-order valence-corrected chi connectivity index (χ3v) is 1.88. The minimum absolute atomic E-state index is 0.0288. The smallest absolute Gasteiger partial charge is 0.329 e. The van der Waals surface area contributed by atoms with Crippen LogP contribution in [0.15, 0.2) is 6.20 Å². The lowest BCUT2D eigenvalue weighted by Crippen LogP contribution is -2.25. The van der Waals surface area contributed by atoms with Gasteiger partial charge in [0, 0.05) is 12.5 Å². The largest absolute Gasteiger partial charge is 0.370 e. The van der Waals surface area contributed by atoms with Crippen molar-refractivity contribution >= 4 is 23.4 Å². The van der Waals surface area contributed by atoms with Gasteiger partial charge in [-0.3, -0.25) is 14.9 Å². The topological polar surface area (TPSA) is 150 Å². The van der Waals surface area contributed by atoms with Gasteiger partial charge in [-0.05, 0) is 6.92 Å². The van der Waals surface area contributed by atoms with E-state index in [9.17, 15) is 14.9 Å². The Bertz CT molecular complexity index is 449. The lowest BCUT2D eigenvalue weighted by Gasteiger charge is -2.12. The molecular formula is C8H12N6O3. The first kappa shape index (κ1) is 12.6. The monoisotopic (exact) mass is 240 g/mol. The van der Waals surface area contributed by atoms with Gasteiger partial charge in [0.05, 0.1) is 4.92 Å². The zero-order valence-corrected chi connectivity index (χ0v) is 9.08. The summed E-state index contributed by atoms with van der Waals surface area (Å²) in [5, 5.41) is 13.4. The van der Waals surface area contributed by atoms with E-state index in [0.29, 0.717) is 0 Å². The number of amides is 1. The maximum absolute atomic E-state index is 10.7. The molecule has 0 aliphatic heterocycles. The van der Waals surface area contributed by atoms with Crippen molar-refractivity contribution in [3.8, 4) is 0 Å². The van der Waals surface area contributed by atoms with Crippen LogP contribution in [-0.2, 0) is 4.79 Å². The summed E-state index contributed by atoms with van der Waals surface area (Å²) in [7, 11) is 0. The quantitative estimate of drug-likeness (QED) is 0.469. The highest BCUT2D eigenvalue weighted by molar-refractivity contribution is 5.75. The van der Waals surface area contributed by atoms with Crippen molar-refractivity contribution in [1.82, 2.24) is 9.97 Å². The van der Waals surface area contributed by atoms with E-state index < -0.39 is 10.8 Å². The van der Waals surface area contributed by atoms with Gasteiger partial charge in [0.25, 0.3) is 0 Å². The molecule has 9 nitrogen and oxygen atoms in total. The second-order valence-corrected chi connectivity index (χ2v) is 3.43. The number of anilines is 2. The van der Waals surface area contributed by atoms with Gasteiger partial charge in [0.15, 0.2) is 0 Å². The van der Waals surface area contributed by atoms with E-state index >= 15 is 0 Å². The summed E-state index contributed by atoms with van der Waals surface area (Å²) in [5.41, 5.74) is 10.0. The van der Waals surface area contributed by atoms with Gasteiger partial charge >= 0.3 is 5.69 Å². The molecule has 0 bridgehead atoms. The van der Waals surface area contributed by atoms with Crippen molar-refractivity contribution in [3.63, 3.8) is 0 Å². The number of hydrogen-bond acceptors (Lipinski definition) is 7. The summed E-state index contributed by atoms with van der Waals surface area (Å²) in [4.78, 5) is 28.0. The predicted octanol–water partition coefficient (Wildman–Crippen LogP) is -0.357. The number of rotatable bonds is 5. The Labute approximate surface area is 96.4 Å². The molecule has 0 aliphatic rings. The molecule has 0 radical (unpaired) electrons. The van der Waals surface area contributed by atoms with E-state index in [1.165, 1.54) is 0 Å². The van der Waals surface area contributed by atoms with Crippen LogP contribution in [0.3, 0.4) is 0 Å². The summed E-state index contributed by atoms with van der Waals surface area (Å²) >= 11 is 0. The van der Waals surface area contributed by atoms with Crippen LogP contribution in [0.4, 0.5) is 17.5 Å². The molecule has 0 fully saturated rings. The average molecular weight is 240 g/mol. The molecule has 5 N–H and O–H groups in total. The minimum Gasteiger partial charge on any atom is -0.370 e. The van der Waals surface area contributed by atoms with Crippen LogP contribution in [0.1, 0.15) is 13.3 Å². The SMILES string of the molecule is CC(CC(N)=O)Nc1nc(N)ncc1[N+](=O)[O-]. The molecule has 0 aromatic carbocycles. The first-order valence-electron chi connectivity index (χ1n) is 4.72. The van der Waals surface area contributed by atoms with E-state index in [1.807, 2.05) is 0 Å². The summed E-state index contributed by atoms with van der Waals surface area (Å²) in [5.74, 6) is -0.643. The lowest BCUT2D eigenvalue weighted by molar-refractivity contribution is -0.384. The molecular weight excluding hydrogens is 228 g/mol. The molecule has 92 valence electrons. The summed E-state index contributed by atoms with van der Waals surface area (Å²) < 4.78 is 0. The molecule has 1 rings (SSSR count). The Morgan fingerprint density at radius 1 is 1.71 bits per heavy atom. The Morgan fingerprint density at radius 3 is 2.88 bits per heavy atom. The molecule has 0 saturated heterocycles. The number of nitrogens with two attached hydrogens (primary N) is 2. The van der Waals surface area contributed by atoms with Crippen LogP contribution in [0.25, 0.3) is 0 Å². The highest BCUT2D eigenvalue weighted by atomic mass is 16.6.